The zero-order valence-electron chi connectivity index (χ0n) is 15.1. The molecule has 7 heteroatoms. The Labute approximate surface area is 153 Å². The van der Waals surface area contributed by atoms with Gasteiger partial charge in [0, 0.05) is 24.4 Å². The van der Waals surface area contributed by atoms with Crippen LogP contribution >= 0.6 is 0 Å². The minimum absolute atomic E-state index is 0.0148. The van der Waals surface area contributed by atoms with Crippen LogP contribution in [0.5, 0.6) is 0 Å². The van der Waals surface area contributed by atoms with Crippen LogP contribution in [0.2, 0.25) is 0 Å². The first-order valence-electron chi connectivity index (χ1n) is 9.03. The van der Waals surface area contributed by atoms with Crippen LogP contribution in [-0.2, 0) is 16.1 Å². The van der Waals surface area contributed by atoms with E-state index < -0.39 is 11.8 Å². The number of carbonyl (C=O) groups excluding carboxylic acids is 2. The number of nitrogens with one attached hydrogen (secondary N) is 2. The van der Waals surface area contributed by atoms with Gasteiger partial charge >= 0.3 is 0 Å². The molecule has 26 heavy (non-hydrogen) atoms. The number of benzene rings is 1. The van der Waals surface area contributed by atoms with Crippen molar-refractivity contribution < 1.29 is 14.7 Å². The fourth-order valence-electron chi connectivity index (χ4n) is 3.25. The van der Waals surface area contributed by atoms with Crippen LogP contribution in [0, 0.1) is 0 Å². The summed E-state index contributed by atoms with van der Waals surface area (Å²) in [6, 6.07) is 8.39. The molecule has 1 fully saturated rings. The van der Waals surface area contributed by atoms with Crippen LogP contribution in [0.3, 0.4) is 0 Å². The van der Waals surface area contributed by atoms with Crippen molar-refractivity contribution in [2.24, 2.45) is 0 Å². The summed E-state index contributed by atoms with van der Waals surface area (Å²) in [6.45, 7) is 2.86. The molecule has 2 aliphatic rings. The van der Waals surface area contributed by atoms with Gasteiger partial charge in [0.15, 0.2) is 0 Å². The second kappa shape index (κ2) is 8.44. The summed E-state index contributed by atoms with van der Waals surface area (Å²) in [5.41, 5.74) is 2.17. The third kappa shape index (κ3) is 4.49. The molecule has 7 nitrogen and oxygen atoms in total. The number of anilines is 1. The molecule has 0 saturated carbocycles. The van der Waals surface area contributed by atoms with Gasteiger partial charge in [0.2, 0.25) is 0 Å². The number of likely N-dealkylation sites (tertiary alicyclic amines) is 1. The van der Waals surface area contributed by atoms with Crippen molar-refractivity contribution in [3.8, 4) is 0 Å². The van der Waals surface area contributed by atoms with Crippen molar-refractivity contribution in [3.05, 3.63) is 41.6 Å². The highest BCUT2D eigenvalue weighted by Gasteiger charge is 2.30. The van der Waals surface area contributed by atoms with Gasteiger partial charge in [-0.3, -0.25) is 14.5 Å². The third-order valence-electron chi connectivity index (χ3n) is 4.88. The summed E-state index contributed by atoms with van der Waals surface area (Å²) in [5, 5.41) is 15.5. The van der Waals surface area contributed by atoms with Crippen molar-refractivity contribution in [2.75, 3.05) is 38.6 Å². The number of hydrogen-bond acceptors (Lipinski definition) is 6. The van der Waals surface area contributed by atoms with E-state index >= 15 is 0 Å². The Morgan fingerprint density at radius 3 is 2.50 bits per heavy atom. The van der Waals surface area contributed by atoms with Gasteiger partial charge in [-0.15, -0.1) is 0 Å². The predicted octanol–water partition coefficient (Wildman–Crippen LogP) is 0.527. The number of aliphatic hydroxyl groups is 1. The molecular formula is C19H26N4O3. The molecule has 140 valence electrons. The molecule has 0 aliphatic carbocycles. The van der Waals surface area contributed by atoms with Gasteiger partial charge in [0.05, 0.1) is 13.2 Å². The Kier molecular flexibility index (Phi) is 6.03. The van der Waals surface area contributed by atoms with E-state index in [1.807, 2.05) is 24.3 Å². The molecule has 0 bridgehead atoms. The topological polar surface area (TPSA) is 84.9 Å². The lowest BCUT2D eigenvalue weighted by molar-refractivity contribution is -0.137. The van der Waals surface area contributed by atoms with Crippen molar-refractivity contribution in [2.45, 2.75) is 25.4 Å². The quantitative estimate of drug-likeness (QED) is 0.617. The highest BCUT2D eigenvalue weighted by atomic mass is 16.3. The summed E-state index contributed by atoms with van der Waals surface area (Å²) in [6.07, 6.45) is 3.61. The number of piperidine rings is 1. The average molecular weight is 358 g/mol. The fraction of sp³-hybridized carbons (Fsp3) is 0.474. The minimum Gasteiger partial charge on any atom is -0.395 e. The van der Waals surface area contributed by atoms with Gasteiger partial charge in [-0.25, -0.2) is 0 Å². The lowest BCUT2D eigenvalue weighted by Crippen LogP contribution is -2.40. The average Bonchev–Trinajstić information content (AvgIpc) is 2.90. The number of carbonyl (C=O) groups is 2. The molecule has 3 rings (SSSR count). The minimum atomic E-state index is -0.406. The highest BCUT2D eigenvalue weighted by molar-refractivity contribution is 6.17. The number of imide groups is 1. The lowest BCUT2D eigenvalue weighted by Gasteiger charge is -2.29. The molecule has 0 radical (unpaired) electrons. The molecule has 0 spiro atoms. The summed E-state index contributed by atoms with van der Waals surface area (Å²) in [5.74, 6) is -0.803. The first-order chi connectivity index (χ1) is 12.6. The summed E-state index contributed by atoms with van der Waals surface area (Å²) >= 11 is 0. The molecular weight excluding hydrogens is 332 g/mol. The van der Waals surface area contributed by atoms with Gasteiger partial charge in [-0.05, 0) is 50.7 Å². The first-order valence-corrected chi connectivity index (χ1v) is 9.03. The Hall–Kier alpha value is -2.22. The second-order valence-electron chi connectivity index (χ2n) is 6.86. The predicted molar refractivity (Wildman–Crippen MR) is 99.3 cm³/mol. The Morgan fingerprint density at radius 1 is 1.15 bits per heavy atom. The second-order valence-corrected chi connectivity index (χ2v) is 6.86. The van der Waals surface area contributed by atoms with E-state index in [2.05, 4.69) is 22.6 Å². The van der Waals surface area contributed by atoms with Gasteiger partial charge in [0.25, 0.3) is 11.8 Å². The Balaban J connectivity index is 1.51. The van der Waals surface area contributed by atoms with Crippen LogP contribution < -0.4 is 10.6 Å². The number of β-amino-alcohol motifs (C(OH)–C–C–N with tert-alkyl or cyclic N) is 1. The van der Waals surface area contributed by atoms with Crippen molar-refractivity contribution in [1.29, 1.82) is 0 Å². The molecule has 0 aromatic heterocycles. The maximum Gasteiger partial charge on any atom is 0.277 e. The maximum atomic E-state index is 12.1. The number of aliphatic hydroxyl groups excluding tert-OH is 1. The van der Waals surface area contributed by atoms with E-state index in [0.717, 1.165) is 30.2 Å². The van der Waals surface area contributed by atoms with Gasteiger partial charge in [-0.2, -0.15) is 0 Å². The largest absolute Gasteiger partial charge is 0.395 e. The van der Waals surface area contributed by atoms with E-state index in [-0.39, 0.29) is 18.8 Å². The third-order valence-corrected chi connectivity index (χ3v) is 4.88. The molecule has 0 unspecified atom stereocenters. The monoisotopic (exact) mass is 358 g/mol. The molecule has 1 aromatic carbocycles. The molecule has 3 N–H and O–H groups in total. The Morgan fingerprint density at radius 2 is 1.85 bits per heavy atom. The molecule has 1 saturated heterocycles. The zero-order chi connectivity index (χ0) is 18.5. The number of hydrogen-bond donors (Lipinski definition) is 3. The van der Waals surface area contributed by atoms with E-state index in [1.54, 1.807) is 0 Å². The first kappa shape index (κ1) is 18.6. The summed E-state index contributed by atoms with van der Waals surface area (Å²) in [7, 11) is 2.16. The molecule has 2 amide bonds. The SMILES string of the molecule is CN1CCC(NCc2ccc(NC3=CC(=O)N(CCO)C3=O)cc2)CC1. The van der Waals surface area contributed by atoms with Gasteiger partial charge in [-0.1, -0.05) is 12.1 Å². The summed E-state index contributed by atoms with van der Waals surface area (Å²) in [4.78, 5) is 27.3. The zero-order valence-corrected chi connectivity index (χ0v) is 15.1. The number of rotatable bonds is 7. The number of amides is 2. The van der Waals surface area contributed by atoms with Crippen LogP contribution in [-0.4, -0.2) is 66.1 Å². The smallest absolute Gasteiger partial charge is 0.277 e. The van der Waals surface area contributed by atoms with Crippen LogP contribution in [0.15, 0.2) is 36.0 Å². The molecule has 2 heterocycles. The van der Waals surface area contributed by atoms with Crippen LogP contribution in [0.25, 0.3) is 0 Å². The standard InChI is InChI=1S/C19H26N4O3/c1-22-8-6-15(7-9-22)20-13-14-2-4-16(5-3-14)21-17-12-18(25)23(10-11-24)19(17)26/h2-5,12,15,20-21,24H,6-11,13H2,1H3. The summed E-state index contributed by atoms with van der Waals surface area (Å²) < 4.78 is 0. The van der Waals surface area contributed by atoms with Crippen LogP contribution in [0.1, 0.15) is 18.4 Å². The van der Waals surface area contributed by atoms with Gasteiger partial charge < -0.3 is 20.6 Å². The molecule has 2 aliphatic heterocycles. The van der Waals surface area contributed by atoms with Crippen LogP contribution in [0.4, 0.5) is 5.69 Å². The number of nitrogens with zero attached hydrogens (tertiary/aromatic N) is 2. The van der Waals surface area contributed by atoms with Gasteiger partial charge in [0.1, 0.15) is 5.70 Å². The van der Waals surface area contributed by atoms with Crippen molar-refractivity contribution in [1.82, 2.24) is 15.1 Å². The molecule has 0 atom stereocenters. The highest BCUT2D eigenvalue weighted by Crippen LogP contribution is 2.18. The molecule has 1 aromatic rings. The fourth-order valence-corrected chi connectivity index (χ4v) is 3.25. The van der Waals surface area contributed by atoms with E-state index in [0.29, 0.717) is 6.04 Å². The van der Waals surface area contributed by atoms with E-state index in [9.17, 15) is 9.59 Å². The lowest BCUT2D eigenvalue weighted by atomic mass is 10.1. The van der Waals surface area contributed by atoms with E-state index in [4.69, 9.17) is 5.11 Å². The normalized spacial score (nSPS) is 19.2. The van der Waals surface area contributed by atoms with Crippen molar-refractivity contribution >= 4 is 17.5 Å². The van der Waals surface area contributed by atoms with Crippen molar-refractivity contribution in [3.63, 3.8) is 0 Å². The maximum absolute atomic E-state index is 12.1. The Bertz CT molecular complexity index is 679. The van der Waals surface area contributed by atoms with E-state index in [1.165, 1.54) is 24.5 Å².